The maximum absolute atomic E-state index is 12.5. The summed E-state index contributed by atoms with van der Waals surface area (Å²) in [5, 5.41) is 13.3. The van der Waals surface area contributed by atoms with Gasteiger partial charge in [0, 0.05) is 34.8 Å². The number of nitrogens with zero attached hydrogens (tertiary/aromatic N) is 3. The van der Waals surface area contributed by atoms with Crippen molar-refractivity contribution in [2.75, 3.05) is 17.2 Å². The molecule has 0 atom stereocenters. The number of ether oxygens (including phenoxy) is 1. The lowest BCUT2D eigenvalue weighted by Crippen LogP contribution is -2.11. The molecule has 10 heteroatoms. The number of aryl methyl sites for hydroxylation is 1. The first kappa shape index (κ1) is 23.3. The van der Waals surface area contributed by atoms with E-state index >= 15 is 0 Å². The van der Waals surface area contributed by atoms with Gasteiger partial charge in [-0.25, -0.2) is 14.8 Å². The summed E-state index contributed by atoms with van der Waals surface area (Å²) >= 11 is 1.30. The molecule has 0 radical (unpaired) electrons. The minimum Gasteiger partial charge on any atom is -0.461 e. The number of hydrogen-bond donors (Lipinski definition) is 3. The Morgan fingerprint density at radius 3 is 2.53 bits per heavy atom. The van der Waals surface area contributed by atoms with E-state index in [4.69, 9.17) is 4.74 Å². The lowest BCUT2D eigenvalue weighted by atomic mass is 10.3. The van der Waals surface area contributed by atoms with E-state index in [0.717, 1.165) is 23.4 Å². The van der Waals surface area contributed by atoms with E-state index in [1.807, 2.05) is 44.2 Å². The Hall–Kier alpha value is -3.40. The number of aromatic amines is 1. The van der Waals surface area contributed by atoms with Crippen LogP contribution in [0.5, 0.6) is 0 Å². The molecular weight excluding hydrogens is 428 g/mol. The Labute approximate surface area is 190 Å². The number of H-pyrrole nitrogens is 1. The fourth-order valence-electron chi connectivity index (χ4n) is 2.60. The highest BCUT2D eigenvalue weighted by Crippen LogP contribution is 2.28. The van der Waals surface area contributed by atoms with E-state index in [0.29, 0.717) is 35.5 Å². The smallest absolute Gasteiger partial charge is 0.357 e. The molecule has 3 N–H and O–H groups in total. The molecule has 1 amide bonds. The molecule has 0 spiro atoms. The second kappa shape index (κ2) is 11.3. The van der Waals surface area contributed by atoms with E-state index in [9.17, 15) is 9.59 Å². The van der Waals surface area contributed by atoms with E-state index < -0.39 is 5.97 Å². The standard InChI is InChI=1S/C22H26N6O3S/c1-4-6-11-31-21(30)17-13-18(25-19-12-14(3)27-28-19)26-22(24-17)32-16-9-7-15(8-10-16)23-20(29)5-2/h7-10,12-13H,4-6,11H2,1-3H3,(H,23,29)(H2,24,25,26,27,28). The monoisotopic (exact) mass is 454 g/mol. The number of nitrogens with one attached hydrogen (secondary N) is 3. The molecular formula is C22H26N6O3S. The lowest BCUT2D eigenvalue weighted by Gasteiger charge is -2.09. The summed E-state index contributed by atoms with van der Waals surface area (Å²) in [6.07, 6.45) is 2.13. The van der Waals surface area contributed by atoms with Crippen molar-refractivity contribution in [3.05, 3.63) is 47.8 Å². The Bertz CT molecular complexity index is 1070. The van der Waals surface area contributed by atoms with E-state index in [1.54, 1.807) is 13.0 Å². The van der Waals surface area contributed by atoms with Gasteiger partial charge in [-0.05, 0) is 49.4 Å². The van der Waals surface area contributed by atoms with Crippen molar-refractivity contribution in [1.82, 2.24) is 20.2 Å². The van der Waals surface area contributed by atoms with Gasteiger partial charge in [0.25, 0.3) is 0 Å². The molecule has 0 saturated heterocycles. The Morgan fingerprint density at radius 1 is 1.09 bits per heavy atom. The second-order valence-electron chi connectivity index (χ2n) is 7.00. The summed E-state index contributed by atoms with van der Waals surface area (Å²) in [4.78, 5) is 33.8. The van der Waals surface area contributed by atoms with Gasteiger partial charge in [-0.15, -0.1) is 0 Å². The van der Waals surface area contributed by atoms with Crippen molar-refractivity contribution in [3.63, 3.8) is 0 Å². The molecule has 2 heterocycles. The fourth-order valence-corrected chi connectivity index (χ4v) is 3.37. The van der Waals surface area contributed by atoms with Gasteiger partial charge in [-0.3, -0.25) is 9.89 Å². The predicted octanol–water partition coefficient (Wildman–Crippen LogP) is 4.71. The minimum absolute atomic E-state index is 0.0488. The van der Waals surface area contributed by atoms with E-state index in [1.165, 1.54) is 11.8 Å². The average molecular weight is 455 g/mol. The molecule has 3 aromatic rings. The predicted molar refractivity (Wildman–Crippen MR) is 123 cm³/mol. The number of esters is 1. The van der Waals surface area contributed by atoms with Crippen molar-refractivity contribution < 1.29 is 14.3 Å². The van der Waals surface area contributed by atoms with Crippen LogP contribution in [0.3, 0.4) is 0 Å². The molecule has 3 rings (SSSR count). The highest BCUT2D eigenvalue weighted by atomic mass is 32.2. The highest BCUT2D eigenvalue weighted by molar-refractivity contribution is 7.99. The molecule has 0 bridgehead atoms. The van der Waals surface area contributed by atoms with Crippen molar-refractivity contribution in [1.29, 1.82) is 0 Å². The normalized spacial score (nSPS) is 10.6. The number of amides is 1. The van der Waals surface area contributed by atoms with Crippen LogP contribution in [0.2, 0.25) is 0 Å². The zero-order valence-electron chi connectivity index (χ0n) is 18.3. The molecule has 168 valence electrons. The van der Waals surface area contributed by atoms with Crippen LogP contribution in [0.4, 0.5) is 17.3 Å². The van der Waals surface area contributed by atoms with Gasteiger partial charge in [0.05, 0.1) is 6.61 Å². The minimum atomic E-state index is -0.499. The van der Waals surface area contributed by atoms with Gasteiger partial charge < -0.3 is 15.4 Å². The van der Waals surface area contributed by atoms with Crippen LogP contribution in [0, 0.1) is 6.92 Å². The van der Waals surface area contributed by atoms with Crippen molar-refractivity contribution in [2.24, 2.45) is 0 Å². The summed E-state index contributed by atoms with van der Waals surface area (Å²) in [5.41, 5.74) is 1.78. The molecule has 9 nitrogen and oxygen atoms in total. The van der Waals surface area contributed by atoms with Crippen LogP contribution in [0.15, 0.2) is 46.5 Å². The van der Waals surface area contributed by atoms with Gasteiger partial charge in [0.2, 0.25) is 5.91 Å². The summed E-state index contributed by atoms with van der Waals surface area (Å²) in [6, 6.07) is 10.7. The first-order valence-electron chi connectivity index (χ1n) is 10.4. The van der Waals surface area contributed by atoms with Crippen LogP contribution < -0.4 is 10.6 Å². The number of unbranched alkanes of at least 4 members (excludes halogenated alkanes) is 1. The van der Waals surface area contributed by atoms with Gasteiger partial charge in [0.1, 0.15) is 5.82 Å². The molecule has 0 aliphatic heterocycles. The highest BCUT2D eigenvalue weighted by Gasteiger charge is 2.15. The average Bonchev–Trinajstić information content (AvgIpc) is 3.19. The quantitative estimate of drug-likeness (QED) is 0.229. The third kappa shape index (κ3) is 6.81. The Morgan fingerprint density at radius 2 is 1.88 bits per heavy atom. The lowest BCUT2D eigenvalue weighted by molar-refractivity contribution is -0.115. The molecule has 2 aromatic heterocycles. The van der Waals surface area contributed by atoms with Crippen molar-refractivity contribution in [3.8, 4) is 0 Å². The first-order chi connectivity index (χ1) is 15.5. The van der Waals surface area contributed by atoms with Crippen molar-refractivity contribution >= 4 is 41.0 Å². The van der Waals surface area contributed by atoms with Gasteiger partial charge in [-0.2, -0.15) is 5.10 Å². The third-order valence-corrected chi connectivity index (χ3v) is 5.15. The summed E-state index contributed by atoms with van der Waals surface area (Å²) in [7, 11) is 0. The zero-order valence-corrected chi connectivity index (χ0v) is 19.1. The van der Waals surface area contributed by atoms with Crippen LogP contribution in [0.25, 0.3) is 0 Å². The van der Waals surface area contributed by atoms with Crippen LogP contribution in [-0.2, 0) is 9.53 Å². The number of carbonyl (C=O) groups excluding carboxylic acids is 2. The van der Waals surface area contributed by atoms with Crippen LogP contribution in [-0.4, -0.2) is 38.6 Å². The maximum atomic E-state index is 12.5. The number of carbonyl (C=O) groups is 2. The number of anilines is 3. The van der Waals surface area contributed by atoms with E-state index in [-0.39, 0.29) is 11.6 Å². The molecule has 0 saturated carbocycles. The molecule has 1 aromatic carbocycles. The summed E-state index contributed by atoms with van der Waals surface area (Å²) in [5.74, 6) is 0.468. The van der Waals surface area contributed by atoms with Crippen molar-refractivity contribution in [2.45, 2.75) is 50.1 Å². The van der Waals surface area contributed by atoms with Gasteiger partial charge in [-0.1, -0.05) is 20.3 Å². The molecule has 0 aliphatic carbocycles. The van der Waals surface area contributed by atoms with Gasteiger partial charge >= 0.3 is 5.97 Å². The topological polar surface area (TPSA) is 122 Å². The fraction of sp³-hybridized carbons (Fsp3) is 0.318. The Kier molecular flexibility index (Phi) is 8.20. The number of aromatic nitrogens is 4. The SMILES string of the molecule is CCCCOC(=O)c1cc(Nc2cc(C)[nH]n2)nc(Sc2ccc(NC(=O)CC)cc2)n1. The largest absolute Gasteiger partial charge is 0.461 e. The molecule has 32 heavy (non-hydrogen) atoms. The number of rotatable bonds is 10. The third-order valence-electron chi connectivity index (χ3n) is 4.28. The maximum Gasteiger partial charge on any atom is 0.357 e. The number of benzene rings is 1. The van der Waals surface area contributed by atoms with Crippen LogP contribution >= 0.6 is 11.8 Å². The van der Waals surface area contributed by atoms with E-state index in [2.05, 4.69) is 30.8 Å². The summed E-state index contributed by atoms with van der Waals surface area (Å²) in [6.45, 7) is 6.06. The first-order valence-corrected chi connectivity index (χ1v) is 11.2. The Balaban J connectivity index is 1.81. The molecule has 0 fully saturated rings. The number of hydrogen-bond acceptors (Lipinski definition) is 8. The van der Waals surface area contributed by atoms with Crippen LogP contribution in [0.1, 0.15) is 49.3 Å². The van der Waals surface area contributed by atoms with Gasteiger partial charge in [0.15, 0.2) is 16.7 Å². The zero-order chi connectivity index (χ0) is 22.9. The molecule has 0 aliphatic rings. The molecule has 0 unspecified atom stereocenters. The summed E-state index contributed by atoms with van der Waals surface area (Å²) < 4.78 is 5.32. The second-order valence-corrected chi connectivity index (χ2v) is 8.04.